The summed E-state index contributed by atoms with van der Waals surface area (Å²) in [5.74, 6) is 2.38. The minimum absolute atomic E-state index is 0.547. The molecule has 0 spiro atoms. The van der Waals surface area contributed by atoms with Gasteiger partial charge in [-0.25, -0.2) is 4.98 Å². The second-order valence-electron chi connectivity index (χ2n) is 3.54. The predicted octanol–water partition coefficient (Wildman–Crippen LogP) is 2.87. The molecule has 1 aromatic carbocycles. The normalized spacial score (nSPS) is 10.1. The topological polar surface area (TPSA) is 50.9 Å². The molecule has 1 aromatic heterocycles. The highest BCUT2D eigenvalue weighted by molar-refractivity contribution is 7.99. The Morgan fingerprint density at radius 3 is 2.65 bits per heavy atom. The first-order valence-electron chi connectivity index (χ1n) is 5.49. The van der Waals surface area contributed by atoms with E-state index in [1.165, 1.54) is 4.90 Å². The van der Waals surface area contributed by atoms with Crippen molar-refractivity contribution >= 4 is 23.4 Å². The van der Waals surface area contributed by atoms with Crippen LogP contribution >= 0.6 is 11.8 Å². The predicted molar refractivity (Wildman–Crippen MR) is 74.3 cm³/mol. The van der Waals surface area contributed by atoms with E-state index in [1.54, 1.807) is 6.07 Å². The van der Waals surface area contributed by atoms with Gasteiger partial charge in [0.1, 0.15) is 11.6 Å². The number of nitrogens with one attached hydrogen (secondary N) is 1. The number of pyridine rings is 1. The van der Waals surface area contributed by atoms with Crippen LogP contribution in [0.1, 0.15) is 0 Å². The van der Waals surface area contributed by atoms with E-state index < -0.39 is 0 Å². The van der Waals surface area contributed by atoms with Gasteiger partial charge < -0.3 is 11.1 Å². The largest absolute Gasteiger partial charge is 0.384 e. The van der Waals surface area contributed by atoms with E-state index in [4.69, 9.17) is 5.73 Å². The molecule has 2 aromatic rings. The summed E-state index contributed by atoms with van der Waals surface area (Å²) in [6.45, 7) is 0.871. The fourth-order valence-electron chi connectivity index (χ4n) is 1.41. The zero-order valence-electron chi connectivity index (χ0n) is 9.47. The molecule has 1 heterocycles. The molecule has 2 rings (SSSR count). The van der Waals surface area contributed by atoms with Gasteiger partial charge in [0.05, 0.1) is 0 Å². The number of nitrogens with zero attached hydrogens (tertiary/aromatic N) is 1. The molecule has 0 aliphatic rings. The standard InChI is InChI=1S/C13H15N3S/c14-12-7-4-8-13(16-12)15-9-10-17-11-5-2-1-3-6-11/h1-8H,9-10H2,(H3,14,15,16). The fraction of sp³-hybridized carbons (Fsp3) is 0.154. The van der Waals surface area contributed by atoms with E-state index in [-0.39, 0.29) is 0 Å². The molecular formula is C13H15N3S. The van der Waals surface area contributed by atoms with Crippen molar-refractivity contribution in [2.45, 2.75) is 4.90 Å². The van der Waals surface area contributed by atoms with Gasteiger partial charge in [-0.05, 0) is 24.3 Å². The van der Waals surface area contributed by atoms with Crippen LogP contribution in [0.4, 0.5) is 11.6 Å². The van der Waals surface area contributed by atoms with E-state index in [9.17, 15) is 0 Å². The zero-order chi connectivity index (χ0) is 11.9. The molecule has 0 saturated heterocycles. The maximum absolute atomic E-state index is 5.60. The molecular weight excluding hydrogens is 230 g/mol. The Balaban J connectivity index is 1.73. The van der Waals surface area contributed by atoms with Crippen LogP contribution in [-0.2, 0) is 0 Å². The molecule has 0 saturated carbocycles. The van der Waals surface area contributed by atoms with E-state index in [2.05, 4.69) is 34.6 Å². The SMILES string of the molecule is Nc1cccc(NCCSc2ccccc2)n1. The van der Waals surface area contributed by atoms with Crippen LogP contribution in [0.15, 0.2) is 53.4 Å². The van der Waals surface area contributed by atoms with Crippen LogP contribution in [0, 0.1) is 0 Å². The molecule has 4 heteroatoms. The molecule has 0 aliphatic heterocycles. The van der Waals surface area contributed by atoms with Crippen LogP contribution in [0.3, 0.4) is 0 Å². The first-order chi connectivity index (χ1) is 8.34. The Labute approximate surface area is 105 Å². The second kappa shape index (κ2) is 6.15. The van der Waals surface area contributed by atoms with Gasteiger partial charge in [-0.15, -0.1) is 11.8 Å². The van der Waals surface area contributed by atoms with Crippen molar-refractivity contribution in [1.82, 2.24) is 4.98 Å². The highest BCUT2D eigenvalue weighted by Gasteiger charge is 1.95. The van der Waals surface area contributed by atoms with Crippen molar-refractivity contribution in [3.63, 3.8) is 0 Å². The minimum atomic E-state index is 0.547. The Hall–Kier alpha value is -1.68. The average Bonchev–Trinajstić information content (AvgIpc) is 2.36. The lowest BCUT2D eigenvalue weighted by molar-refractivity contribution is 1.17. The number of anilines is 2. The summed E-state index contributed by atoms with van der Waals surface area (Å²) in [6, 6.07) is 16.0. The molecule has 0 unspecified atom stereocenters. The number of nitrogens with two attached hydrogens (primary N) is 1. The number of benzene rings is 1. The lowest BCUT2D eigenvalue weighted by Crippen LogP contribution is -2.06. The summed E-state index contributed by atoms with van der Waals surface area (Å²) in [5.41, 5.74) is 5.60. The summed E-state index contributed by atoms with van der Waals surface area (Å²) in [5, 5.41) is 3.24. The zero-order valence-corrected chi connectivity index (χ0v) is 10.3. The van der Waals surface area contributed by atoms with Gasteiger partial charge in [-0.3, -0.25) is 0 Å². The van der Waals surface area contributed by atoms with Crippen molar-refractivity contribution in [3.8, 4) is 0 Å². The van der Waals surface area contributed by atoms with Crippen LogP contribution in [0.2, 0.25) is 0 Å². The first kappa shape index (κ1) is 11.8. The Morgan fingerprint density at radius 2 is 1.88 bits per heavy atom. The van der Waals surface area contributed by atoms with Crippen molar-refractivity contribution in [2.24, 2.45) is 0 Å². The minimum Gasteiger partial charge on any atom is -0.384 e. The van der Waals surface area contributed by atoms with Crippen molar-refractivity contribution in [3.05, 3.63) is 48.5 Å². The van der Waals surface area contributed by atoms with Crippen LogP contribution in [0.25, 0.3) is 0 Å². The van der Waals surface area contributed by atoms with Crippen LogP contribution < -0.4 is 11.1 Å². The number of hydrogen-bond acceptors (Lipinski definition) is 4. The number of hydrogen-bond donors (Lipinski definition) is 2. The highest BCUT2D eigenvalue weighted by atomic mass is 32.2. The van der Waals surface area contributed by atoms with Gasteiger partial charge in [-0.1, -0.05) is 24.3 Å². The summed E-state index contributed by atoms with van der Waals surface area (Å²) in [4.78, 5) is 5.46. The maximum atomic E-state index is 5.60. The van der Waals surface area contributed by atoms with Gasteiger partial charge in [0.25, 0.3) is 0 Å². The van der Waals surface area contributed by atoms with Crippen LogP contribution in [0.5, 0.6) is 0 Å². The van der Waals surface area contributed by atoms with E-state index in [1.807, 2.05) is 30.0 Å². The molecule has 0 fully saturated rings. The third-order valence-corrected chi connectivity index (χ3v) is 3.20. The molecule has 3 nitrogen and oxygen atoms in total. The number of thioether (sulfide) groups is 1. The van der Waals surface area contributed by atoms with Crippen LogP contribution in [-0.4, -0.2) is 17.3 Å². The lowest BCUT2D eigenvalue weighted by Gasteiger charge is -2.05. The fourth-order valence-corrected chi connectivity index (χ4v) is 2.20. The molecule has 3 N–H and O–H groups in total. The molecule has 0 amide bonds. The second-order valence-corrected chi connectivity index (χ2v) is 4.70. The average molecular weight is 245 g/mol. The Kier molecular flexibility index (Phi) is 4.27. The van der Waals surface area contributed by atoms with E-state index in [0.717, 1.165) is 18.1 Å². The highest BCUT2D eigenvalue weighted by Crippen LogP contribution is 2.16. The van der Waals surface area contributed by atoms with E-state index >= 15 is 0 Å². The summed E-state index contributed by atoms with van der Waals surface area (Å²) in [7, 11) is 0. The quantitative estimate of drug-likeness (QED) is 0.628. The Morgan fingerprint density at radius 1 is 1.06 bits per heavy atom. The molecule has 17 heavy (non-hydrogen) atoms. The van der Waals surface area contributed by atoms with Gasteiger partial charge in [0.15, 0.2) is 0 Å². The first-order valence-corrected chi connectivity index (χ1v) is 6.47. The Bertz CT molecular complexity index is 459. The number of nitrogen functional groups attached to an aromatic ring is 1. The number of aromatic nitrogens is 1. The van der Waals surface area contributed by atoms with Gasteiger partial charge in [0, 0.05) is 17.2 Å². The van der Waals surface area contributed by atoms with Crippen molar-refractivity contribution < 1.29 is 0 Å². The number of rotatable bonds is 5. The van der Waals surface area contributed by atoms with Gasteiger partial charge in [-0.2, -0.15) is 0 Å². The lowest BCUT2D eigenvalue weighted by atomic mass is 10.4. The van der Waals surface area contributed by atoms with Gasteiger partial charge in [0.2, 0.25) is 0 Å². The summed E-state index contributed by atoms with van der Waals surface area (Å²) in [6.07, 6.45) is 0. The van der Waals surface area contributed by atoms with Gasteiger partial charge >= 0.3 is 0 Å². The maximum Gasteiger partial charge on any atom is 0.128 e. The molecule has 0 aliphatic carbocycles. The van der Waals surface area contributed by atoms with Crippen molar-refractivity contribution in [2.75, 3.05) is 23.3 Å². The van der Waals surface area contributed by atoms with Crippen molar-refractivity contribution in [1.29, 1.82) is 0 Å². The molecule has 0 radical (unpaired) electrons. The third kappa shape index (κ3) is 4.00. The molecule has 0 bridgehead atoms. The summed E-state index contributed by atoms with van der Waals surface area (Å²) >= 11 is 1.82. The third-order valence-electron chi connectivity index (χ3n) is 2.19. The molecule has 0 atom stereocenters. The smallest absolute Gasteiger partial charge is 0.128 e. The van der Waals surface area contributed by atoms with E-state index in [0.29, 0.717) is 5.82 Å². The summed E-state index contributed by atoms with van der Waals surface area (Å²) < 4.78 is 0. The molecule has 88 valence electrons. The monoisotopic (exact) mass is 245 g/mol.